The first-order valence-electron chi connectivity index (χ1n) is 5.85. The second kappa shape index (κ2) is 3.38. The van der Waals surface area contributed by atoms with E-state index in [0.29, 0.717) is 0 Å². The Bertz CT molecular complexity index is 438. The van der Waals surface area contributed by atoms with Gasteiger partial charge in [0.1, 0.15) is 5.75 Å². The number of hydrogen-bond acceptors (Lipinski definition) is 2. The maximum absolute atomic E-state index is 6.37. The number of fused-ring (bicyclic) bond motifs is 1. The zero-order chi connectivity index (χ0) is 11.3. The van der Waals surface area contributed by atoms with Crippen LogP contribution in [0.1, 0.15) is 30.9 Å². The van der Waals surface area contributed by atoms with Gasteiger partial charge in [0.25, 0.3) is 0 Å². The molecule has 0 bridgehead atoms. The van der Waals surface area contributed by atoms with Gasteiger partial charge in [-0.05, 0) is 37.5 Å². The lowest BCUT2D eigenvalue weighted by molar-refractivity contribution is 0.357. The van der Waals surface area contributed by atoms with Crippen LogP contribution in [0.2, 0.25) is 5.02 Å². The third kappa shape index (κ3) is 1.30. The molecule has 2 nitrogen and oxygen atoms in total. The Balaban J connectivity index is 2.17. The Morgan fingerprint density at radius 2 is 2.19 bits per heavy atom. The number of halogens is 1. The topological polar surface area (TPSA) is 35.2 Å². The number of ether oxygens (including phenoxy) is 1. The van der Waals surface area contributed by atoms with Crippen molar-refractivity contribution in [2.75, 3.05) is 6.61 Å². The average molecular weight is 238 g/mol. The highest BCUT2D eigenvalue weighted by Gasteiger charge is 2.50. The molecule has 0 spiro atoms. The number of nitrogens with two attached hydrogens (primary N) is 1. The van der Waals surface area contributed by atoms with Gasteiger partial charge in [0.2, 0.25) is 0 Å². The van der Waals surface area contributed by atoms with E-state index in [2.05, 4.69) is 6.92 Å². The molecule has 1 aromatic carbocycles. The molecule has 0 amide bonds. The molecule has 0 aromatic heterocycles. The average Bonchev–Trinajstić information content (AvgIpc) is 2.90. The van der Waals surface area contributed by atoms with Gasteiger partial charge in [-0.15, -0.1) is 0 Å². The Kier molecular flexibility index (Phi) is 2.20. The van der Waals surface area contributed by atoms with E-state index >= 15 is 0 Å². The van der Waals surface area contributed by atoms with Crippen molar-refractivity contribution in [2.24, 2.45) is 5.73 Å². The first-order valence-corrected chi connectivity index (χ1v) is 6.23. The normalized spacial score (nSPS) is 22.4. The summed E-state index contributed by atoms with van der Waals surface area (Å²) >= 11 is 6.37. The molecule has 0 radical (unpaired) electrons. The fourth-order valence-electron chi connectivity index (χ4n) is 2.85. The van der Waals surface area contributed by atoms with Crippen molar-refractivity contribution in [3.63, 3.8) is 0 Å². The standard InChI is InChI=1S/C13H16ClNO/c1-8(15)13(5-6-13)12-9-4-7-16-11(9)3-2-10(12)14/h2-3,8H,4-7,15H2,1H3. The molecule has 2 N–H and O–H groups in total. The molecular formula is C13H16ClNO. The minimum Gasteiger partial charge on any atom is -0.493 e. The van der Waals surface area contributed by atoms with E-state index in [1.165, 1.54) is 11.1 Å². The summed E-state index contributed by atoms with van der Waals surface area (Å²) in [5, 5.41) is 0.860. The molecule has 3 heteroatoms. The van der Waals surface area contributed by atoms with Crippen LogP contribution in [0.4, 0.5) is 0 Å². The summed E-state index contributed by atoms with van der Waals surface area (Å²) in [7, 11) is 0. The predicted molar refractivity (Wildman–Crippen MR) is 65.2 cm³/mol. The molecule has 1 aliphatic heterocycles. The monoisotopic (exact) mass is 237 g/mol. The second-order valence-corrected chi connectivity index (χ2v) is 5.35. The van der Waals surface area contributed by atoms with Crippen molar-refractivity contribution in [3.8, 4) is 5.75 Å². The Morgan fingerprint density at radius 3 is 2.81 bits per heavy atom. The Morgan fingerprint density at radius 1 is 1.44 bits per heavy atom. The van der Waals surface area contributed by atoms with Crippen molar-refractivity contribution in [2.45, 2.75) is 37.6 Å². The summed E-state index contributed by atoms with van der Waals surface area (Å²) in [5.74, 6) is 1.01. The third-order valence-electron chi connectivity index (χ3n) is 3.99. The van der Waals surface area contributed by atoms with Gasteiger partial charge >= 0.3 is 0 Å². The number of rotatable bonds is 2. The molecule has 1 atom stereocenters. The van der Waals surface area contributed by atoms with Gasteiger partial charge in [-0.1, -0.05) is 11.6 Å². The van der Waals surface area contributed by atoms with Gasteiger partial charge in [0.15, 0.2) is 0 Å². The van der Waals surface area contributed by atoms with Crippen molar-refractivity contribution in [1.82, 2.24) is 0 Å². The van der Waals surface area contributed by atoms with Crippen LogP contribution in [0, 0.1) is 0 Å². The van der Waals surface area contributed by atoms with E-state index in [-0.39, 0.29) is 11.5 Å². The largest absolute Gasteiger partial charge is 0.493 e. The minimum absolute atomic E-state index is 0.121. The van der Waals surface area contributed by atoms with Crippen molar-refractivity contribution in [1.29, 1.82) is 0 Å². The Labute approximate surface area is 101 Å². The number of benzene rings is 1. The SMILES string of the molecule is CC(N)C1(c2c(Cl)ccc3c2CCO3)CC1. The summed E-state index contributed by atoms with van der Waals surface area (Å²) in [6.45, 7) is 2.86. The summed E-state index contributed by atoms with van der Waals surface area (Å²) in [5.41, 5.74) is 8.81. The molecule has 0 saturated heterocycles. The van der Waals surface area contributed by atoms with E-state index < -0.39 is 0 Å². The van der Waals surface area contributed by atoms with Crippen LogP contribution in [0.15, 0.2) is 12.1 Å². The maximum atomic E-state index is 6.37. The summed E-state index contributed by atoms with van der Waals surface area (Å²) in [6, 6.07) is 4.09. The zero-order valence-electron chi connectivity index (χ0n) is 9.42. The van der Waals surface area contributed by atoms with Gasteiger partial charge in [0.05, 0.1) is 6.61 Å². The van der Waals surface area contributed by atoms with Gasteiger partial charge < -0.3 is 10.5 Å². The van der Waals surface area contributed by atoms with Crippen LogP contribution in [0.5, 0.6) is 5.75 Å². The van der Waals surface area contributed by atoms with E-state index in [9.17, 15) is 0 Å². The molecule has 1 fully saturated rings. The van der Waals surface area contributed by atoms with Crippen LogP contribution in [0.25, 0.3) is 0 Å². The van der Waals surface area contributed by atoms with Gasteiger partial charge in [-0.2, -0.15) is 0 Å². The minimum atomic E-state index is 0.121. The predicted octanol–water partition coefficient (Wildman–Crippen LogP) is 2.65. The van der Waals surface area contributed by atoms with Crippen LogP contribution >= 0.6 is 11.6 Å². The molecular weight excluding hydrogens is 222 g/mol. The lowest BCUT2D eigenvalue weighted by atomic mass is 9.85. The molecule has 1 heterocycles. The third-order valence-corrected chi connectivity index (χ3v) is 4.30. The lowest BCUT2D eigenvalue weighted by Crippen LogP contribution is -2.32. The first-order chi connectivity index (χ1) is 7.65. The van der Waals surface area contributed by atoms with Crippen molar-refractivity contribution < 1.29 is 4.74 Å². The van der Waals surface area contributed by atoms with Crippen LogP contribution in [-0.4, -0.2) is 12.6 Å². The molecule has 86 valence electrons. The molecule has 16 heavy (non-hydrogen) atoms. The van der Waals surface area contributed by atoms with Gasteiger partial charge in [-0.25, -0.2) is 0 Å². The highest BCUT2D eigenvalue weighted by Crippen LogP contribution is 2.55. The molecule has 1 unspecified atom stereocenters. The zero-order valence-corrected chi connectivity index (χ0v) is 10.2. The molecule has 3 rings (SSSR count). The highest BCUT2D eigenvalue weighted by atomic mass is 35.5. The highest BCUT2D eigenvalue weighted by molar-refractivity contribution is 6.31. The van der Waals surface area contributed by atoms with Crippen LogP contribution in [0.3, 0.4) is 0 Å². The lowest BCUT2D eigenvalue weighted by Gasteiger charge is -2.23. The molecule has 1 aromatic rings. The summed E-state index contributed by atoms with van der Waals surface area (Å²) < 4.78 is 5.60. The molecule has 1 saturated carbocycles. The summed E-state index contributed by atoms with van der Waals surface area (Å²) in [4.78, 5) is 0. The van der Waals surface area contributed by atoms with Crippen LogP contribution in [-0.2, 0) is 11.8 Å². The van der Waals surface area contributed by atoms with E-state index in [0.717, 1.165) is 36.6 Å². The van der Waals surface area contributed by atoms with E-state index in [4.69, 9.17) is 22.1 Å². The fourth-order valence-corrected chi connectivity index (χ4v) is 3.22. The maximum Gasteiger partial charge on any atom is 0.123 e. The Hall–Kier alpha value is -0.730. The summed E-state index contributed by atoms with van der Waals surface area (Å²) in [6.07, 6.45) is 3.28. The second-order valence-electron chi connectivity index (χ2n) is 4.94. The van der Waals surface area contributed by atoms with Crippen LogP contribution < -0.4 is 10.5 Å². The van der Waals surface area contributed by atoms with Gasteiger partial charge in [0, 0.05) is 28.5 Å². The first kappa shape index (κ1) is 10.4. The number of hydrogen-bond donors (Lipinski definition) is 1. The molecule has 2 aliphatic rings. The van der Waals surface area contributed by atoms with E-state index in [1.54, 1.807) is 0 Å². The fraction of sp³-hybridized carbons (Fsp3) is 0.538. The van der Waals surface area contributed by atoms with Crippen molar-refractivity contribution in [3.05, 3.63) is 28.3 Å². The smallest absolute Gasteiger partial charge is 0.123 e. The van der Waals surface area contributed by atoms with E-state index in [1.807, 2.05) is 12.1 Å². The van der Waals surface area contributed by atoms with Gasteiger partial charge in [-0.3, -0.25) is 0 Å². The molecule has 1 aliphatic carbocycles. The quantitative estimate of drug-likeness (QED) is 0.858. The van der Waals surface area contributed by atoms with Crippen molar-refractivity contribution >= 4 is 11.6 Å².